The maximum Gasteiger partial charge on any atom is 0.267 e. The molecule has 2 rings (SSSR count). The molecule has 1 amide bonds. The number of ether oxygens (including phenoxy) is 2. The van der Waals surface area contributed by atoms with E-state index in [9.17, 15) is 13.6 Å². The molecular weight excluding hydrogens is 368 g/mol. The van der Waals surface area contributed by atoms with Crippen LogP contribution in [0.25, 0.3) is 0 Å². The van der Waals surface area contributed by atoms with Crippen molar-refractivity contribution in [3.8, 4) is 5.75 Å². The molecule has 1 atom stereocenters. The number of amides is 1. The van der Waals surface area contributed by atoms with Gasteiger partial charge in [0.2, 0.25) is 0 Å². The molecule has 0 bridgehead atoms. The Bertz CT molecular complexity index is 728. The van der Waals surface area contributed by atoms with E-state index in [-0.39, 0.29) is 36.6 Å². The van der Waals surface area contributed by atoms with Gasteiger partial charge in [0.25, 0.3) is 12.3 Å². The number of likely N-dealkylation sites (tertiary alicyclic amines) is 1. The fourth-order valence-corrected chi connectivity index (χ4v) is 2.85. The van der Waals surface area contributed by atoms with E-state index in [1.54, 1.807) is 36.1 Å². The number of hydrogen-bond acceptors (Lipinski definition) is 4. The number of nitrogens with zero attached hydrogens (tertiary/aromatic N) is 1. The van der Waals surface area contributed by atoms with Crippen LogP contribution in [-0.4, -0.2) is 48.1 Å². The second-order valence-electron chi connectivity index (χ2n) is 6.27. The predicted octanol–water partition coefficient (Wildman–Crippen LogP) is 3.46. The number of aliphatic hydroxyl groups is 1. The zero-order valence-electron chi connectivity index (χ0n) is 15.8. The molecule has 0 spiro atoms. The number of carbonyl (C=O) groups is 1. The number of rotatable bonds is 9. The van der Waals surface area contributed by atoms with Crippen LogP contribution in [0, 0.1) is 0 Å². The van der Waals surface area contributed by atoms with Gasteiger partial charge in [-0.15, -0.1) is 0 Å². The number of allylic oxidation sites excluding steroid dienone is 4. The van der Waals surface area contributed by atoms with Gasteiger partial charge < -0.3 is 19.5 Å². The van der Waals surface area contributed by atoms with Crippen LogP contribution in [0.5, 0.6) is 5.75 Å². The van der Waals surface area contributed by atoms with Gasteiger partial charge in [0.15, 0.2) is 6.61 Å². The highest BCUT2D eigenvalue weighted by Gasteiger charge is 2.29. The summed E-state index contributed by atoms with van der Waals surface area (Å²) in [6.45, 7) is 5.68. The first-order chi connectivity index (χ1) is 13.5. The van der Waals surface area contributed by atoms with Crippen molar-refractivity contribution in [2.45, 2.75) is 32.5 Å². The van der Waals surface area contributed by atoms with Crippen LogP contribution in [0.2, 0.25) is 0 Å². The van der Waals surface area contributed by atoms with Crippen molar-refractivity contribution in [3.05, 3.63) is 66.0 Å². The van der Waals surface area contributed by atoms with Crippen LogP contribution in [0.15, 0.2) is 60.4 Å². The van der Waals surface area contributed by atoms with Crippen LogP contribution >= 0.6 is 0 Å². The lowest BCUT2D eigenvalue weighted by Gasteiger charge is -2.20. The van der Waals surface area contributed by atoms with E-state index in [1.807, 2.05) is 0 Å². The van der Waals surface area contributed by atoms with Gasteiger partial charge in [-0.1, -0.05) is 30.9 Å². The Morgan fingerprint density at radius 1 is 1.39 bits per heavy atom. The highest BCUT2D eigenvalue weighted by atomic mass is 19.3. The van der Waals surface area contributed by atoms with Crippen molar-refractivity contribution in [2.75, 3.05) is 19.7 Å². The standard InChI is InChI=1S/C21H25F2NO4/c1-3-5-18(21(22)23)19(4-2)28-17-10-11-24(12-17)20(26)14-27-16-8-6-15(13-25)7-9-16/h3-9,17,21,25H,1,10-14H2,2H3/b18-5+,19-4+. The zero-order valence-corrected chi connectivity index (χ0v) is 15.8. The fraction of sp³-hybridized carbons (Fsp3) is 0.381. The quantitative estimate of drug-likeness (QED) is 0.516. The average molecular weight is 393 g/mol. The lowest BCUT2D eigenvalue weighted by Crippen LogP contribution is -2.34. The molecule has 0 radical (unpaired) electrons. The molecule has 1 aromatic rings. The zero-order chi connectivity index (χ0) is 20.5. The summed E-state index contributed by atoms with van der Waals surface area (Å²) in [6.07, 6.45) is 1.54. The minimum absolute atomic E-state index is 0.0577. The molecule has 1 N–H and O–H groups in total. The van der Waals surface area contributed by atoms with E-state index < -0.39 is 6.43 Å². The van der Waals surface area contributed by atoms with Crippen molar-refractivity contribution in [2.24, 2.45) is 0 Å². The third kappa shape index (κ3) is 5.92. The van der Waals surface area contributed by atoms with Crippen LogP contribution in [-0.2, 0) is 16.1 Å². The number of aliphatic hydroxyl groups excluding tert-OH is 1. The normalized spacial score (nSPS) is 17.8. The maximum atomic E-state index is 13.2. The van der Waals surface area contributed by atoms with Crippen molar-refractivity contribution >= 4 is 5.91 Å². The molecule has 152 valence electrons. The minimum atomic E-state index is -2.67. The number of benzene rings is 1. The summed E-state index contributed by atoms with van der Waals surface area (Å²) in [7, 11) is 0. The smallest absolute Gasteiger partial charge is 0.267 e. The Kier molecular flexibility index (Phi) is 8.19. The second kappa shape index (κ2) is 10.6. The molecule has 0 aromatic heterocycles. The van der Waals surface area contributed by atoms with Gasteiger partial charge in [-0.25, -0.2) is 8.78 Å². The SMILES string of the molecule is C=C/C=C(\C(=C/C)OC1CCN(C(=O)COc2ccc(CO)cc2)C1)C(F)F. The molecule has 1 fully saturated rings. The van der Waals surface area contributed by atoms with E-state index in [0.717, 1.165) is 5.56 Å². The summed E-state index contributed by atoms with van der Waals surface area (Å²) in [6, 6.07) is 6.81. The Labute approximate surface area is 163 Å². The molecule has 1 unspecified atom stereocenters. The monoisotopic (exact) mass is 393 g/mol. The highest BCUT2D eigenvalue weighted by Crippen LogP contribution is 2.24. The predicted molar refractivity (Wildman–Crippen MR) is 102 cm³/mol. The lowest BCUT2D eigenvalue weighted by molar-refractivity contribution is -0.132. The number of carbonyl (C=O) groups excluding carboxylic acids is 1. The van der Waals surface area contributed by atoms with E-state index in [4.69, 9.17) is 14.6 Å². The molecule has 1 aromatic carbocycles. The number of halogens is 2. The van der Waals surface area contributed by atoms with Crippen molar-refractivity contribution in [3.63, 3.8) is 0 Å². The van der Waals surface area contributed by atoms with Crippen LogP contribution < -0.4 is 4.74 Å². The van der Waals surface area contributed by atoms with Crippen molar-refractivity contribution < 1.29 is 28.2 Å². The van der Waals surface area contributed by atoms with Gasteiger partial charge in [-0.2, -0.15) is 0 Å². The lowest BCUT2D eigenvalue weighted by atomic mass is 10.2. The maximum absolute atomic E-state index is 13.2. The first-order valence-electron chi connectivity index (χ1n) is 9.03. The summed E-state index contributed by atoms with van der Waals surface area (Å²) in [5, 5.41) is 9.02. The first-order valence-corrected chi connectivity index (χ1v) is 9.03. The number of hydrogen-bond donors (Lipinski definition) is 1. The molecular formula is C21H25F2NO4. The number of alkyl halides is 2. The second-order valence-corrected chi connectivity index (χ2v) is 6.27. The third-order valence-corrected chi connectivity index (χ3v) is 4.34. The summed E-state index contributed by atoms with van der Waals surface area (Å²) >= 11 is 0. The van der Waals surface area contributed by atoms with Crippen molar-refractivity contribution in [1.82, 2.24) is 4.90 Å². The molecule has 7 heteroatoms. The minimum Gasteiger partial charge on any atom is -0.488 e. The molecule has 28 heavy (non-hydrogen) atoms. The van der Waals surface area contributed by atoms with Gasteiger partial charge in [0.1, 0.15) is 17.6 Å². The van der Waals surface area contributed by atoms with Crippen LogP contribution in [0.3, 0.4) is 0 Å². The average Bonchev–Trinajstić information content (AvgIpc) is 3.17. The topological polar surface area (TPSA) is 59.0 Å². The van der Waals surface area contributed by atoms with Crippen LogP contribution in [0.1, 0.15) is 18.9 Å². The Morgan fingerprint density at radius 2 is 2.11 bits per heavy atom. The van der Waals surface area contributed by atoms with Gasteiger partial charge >= 0.3 is 0 Å². The van der Waals surface area contributed by atoms with E-state index >= 15 is 0 Å². The molecule has 0 aliphatic carbocycles. The molecule has 1 aliphatic heterocycles. The summed E-state index contributed by atoms with van der Waals surface area (Å²) in [4.78, 5) is 13.9. The largest absolute Gasteiger partial charge is 0.488 e. The van der Waals surface area contributed by atoms with Crippen LogP contribution in [0.4, 0.5) is 8.78 Å². The molecule has 0 saturated carbocycles. The third-order valence-electron chi connectivity index (χ3n) is 4.34. The molecule has 1 aliphatic rings. The van der Waals surface area contributed by atoms with Gasteiger partial charge in [0.05, 0.1) is 18.7 Å². The van der Waals surface area contributed by atoms with E-state index in [0.29, 0.717) is 25.3 Å². The van der Waals surface area contributed by atoms with Gasteiger partial charge in [0, 0.05) is 13.0 Å². The summed E-state index contributed by atoms with van der Waals surface area (Å²) in [5.41, 5.74) is 0.531. The first kappa shape index (κ1) is 21.6. The van der Waals surface area contributed by atoms with E-state index in [2.05, 4.69) is 6.58 Å². The summed E-state index contributed by atoms with van der Waals surface area (Å²) in [5.74, 6) is 0.439. The Morgan fingerprint density at radius 3 is 2.68 bits per heavy atom. The fourth-order valence-electron chi connectivity index (χ4n) is 2.85. The summed E-state index contributed by atoms with van der Waals surface area (Å²) < 4.78 is 37.5. The van der Waals surface area contributed by atoms with Gasteiger partial charge in [-0.3, -0.25) is 4.79 Å². The highest BCUT2D eigenvalue weighted by molar-refractivity contribution is 5.78. The Balaban J connectivity index is 1.87. The Hall–Kier alpha value is -2.67. The molecule has 1 heterocycles. The van der Waals surface area contributed by atoms with Crippen molar-refractivity contribution in [1.29, 1.82) is 0 Å². The molecule has 1 saturated heterocycles. The molecule has 5 nitrogen and oxygen atoms in total. The van der Waals surface area contributed by atoms with E-state index in [1.165, 1.54) is 18.2 Å². The van der Waals surface area contributed by atoms with Gasteiger partial charge in [-0.05, 0) is 30.7 Å².